The summed E-state index contributed by atoms with van der Waals surface area (Å²) in [6, 6.07) is 57.5. The van der Waals surface area contributed by atoms with Crippen molar-refractivity contribution in [2.45, 2.75) is 19.8 Å². The Morgan fingerprint density at radius 2 is 0.860 bits per heavy atom. The topological polar surface area (TPSA) is 13.1 Å². The molecule has 10 aromatic rings. The molecule has 0 radical (unpaired) electrons. The number of benzene rings is 8. The summed E-state index contributed by atoms with van der Waals surface area (Å²) in [4.78, 5) is 2.51. The van der Waals surface area contributed by atoms with Crippen LogP contribution in [0.25, 0.3) is 65.5 Å². The second-order valence-corrected chi connectivity index (χ2v) is 13.6. The molecule has 0 amide bonds. The highest BCUT2D eigenvalue weighted by atomic mass is 15.2. The summed E-state index contributed by atoms with van der Waals surface area (Å²) in [5.74, 6) is 0.434. The molecular weight excluding hydrogens is 607 g/mol. The monoisotopic (exact) mass is 641 g/mol. The molecule has 0 atom stereocenters. The molecule has 50 heavy (non-hydrogen) atoms. The molecule has 0 aliphatic heterocycles. The molecule has 2 heterocycles. The summed E-state index contributed by atoms with van der Waals surface area (Å²) in [6.45, 7) is 4.59. The minimum Gasteiger partial charge on any atom is -0.314 e. The van der Waals surface area contributed by atoms with Crippen LogP contribution in [-0.4, -0.2) is 9.13 Å². The predicted molar refractivity (Wildman–Crippen MR) is 213 cm³/mol. The number of hydrogen-bond acceptors (Lipinski definition) is 1. The van der Waals surface area contributed by atoms with E-state index in [4.69, 9.17) is 0 Å². The van der Waals surface area contributed by atoms with Crippen molar-refractivity contribution in [1.29, 1.82) is 0 Å². The lowest BCUT2D eigenvalue weighted by atomic mass is 9.88. The van der Waals surface area contributed by atoms with E-state index in [2.05, 4.69) is 198 Å². The molecule has 0 saturated heterocycles. The Morgan fingerprint density at radius 3 is 1.42 bits per heavy atom. The standard InChI is InChI=1S/C47H35N3/c1-31(2)36-25-21-32-23-27-40-43(28-24-33-22-26-37(36)46(32)47(33)40)50(44-29-48(34-13-5-3-6-14-34)41-19-11-9-17-38(41)44)45-30-49(35-15-7-4-8-16-35)42-20-12-10-18-39(42)45/h3-31H,1-2H3. The summed E-state index contributed by atoms with van der Waals surface area (Å²) in [7, 11) is 0. The number of anilines is 3. The smallest absolute Gasteiger partial charge is 0.0722 e. The quantitative estimate of drug-likeness (QED) is 0.165. The van der Waals surface area contributed by atoms with E-state index in [1.54, 1.807) is 0 Å². The number of para-hydroxylation sites is 4. The molecule has 10 rings (SSSR count). The Labute approximate surface area is 291 Å². The zero-order chi connectivity index (χ0) is 33.3. The predicted octanol–water partition coefficient (Wildman–Crippen LogP) is 13.1. The maximum atomic E-state index is 2.51. The second kappa shape index (κ2) is 11.1. The van der Waals surface area contributed by atoms with Gasteiger partial charge in [0.15, 0.2) is 0 Å². The Kier molecular flexibility index (Phi) is 6.37. The van der Waals surface area contributed by atoms with Crippen LogP contribution in [-0.2, 0) is 0 Å². The molecule has 3 nitrogen and oxygen atoms in total. The minimum atomic E-state index is 0.434. The first-order valence-electron chi connectivity index (χ1n) is 17.5. The molecule has 0 aliphatic rings. The molecule has 0 spiro atoms. The zero-order valence-corrected chi connectivity index (χ0v) is 28.1. The summed E-state index contributed by atoms with van der Waals surface area (Å²) < 4.78 is 4.66. The van der Waals surface area contributed by atoms with Gasteiger partial charge in [-0.2, -0.15) is 0 Å². The van der Waals surface area contributed by atoms with Crippen LogP contribution < -0.4 is 4.90 Å². The first-order chi connectivity index (χ1) is 24.7. The lowest BCUT2D eigenvalue weighted by Crippen LogP contribution is -2.10. The Bertz CT molecular complexity index is 2720. The third-order valence-electron chi connectivity index (χ3n) is 10.5. The third-order valence-corrected chi connectivity index (χ3v) is 10.5. The normalized spacial score (nSPS) is 12.0. The van der Waals surface area contributed by atoms with Gasteiger partial charge in [0.1, 0.15) is 0 Å². The van der Waals surface area contributed by atoms with Crippen molar-refractivity contribution in [3.8, 4) is 11.4 Å². The van der Waals surface area contributed by atoms with E-state index in [0.29, 0.717) is 5.92 Å². The number of hydrogen-bond donors (Lipinski definition) is 0. The van der Waals surface area contributed by atoms with Gasteiger partial charge < -0.3 is 14.0 Å². The summed E-state index contributed by atoms with van der Waals surface area (Å²) in [5.41, 5.74) is 9.45. The number of fused-ring (bicyclic) bond motifs is 2. The van der Waals surface area contributed by atoms with Crippen LogP contribution in [0.15, 0.2) is 170 Å². The van der Waals surface area contributed by atoms with E-state index in [-0.39, 0.29) is 0 Å². The van der Waals surface area contributed by atoms with Crippen LogP contribution in [0.5, 0.6) is 0 Å². The van der Waals surface area contributed by atoms with Crippen LogP contribution >= 0.6 is 0 Å². The van der Waals surface area contributed by atoms with Crippen molar-refractivity contribution in [1.82, 2.24) is 9.13 Å². The second-order valence-electron chi connectivity index (χ2n) is 13.6. The van der Waals surface area contributed by atoms with Gasteiger partial charge in [0.2, 0.25) is 0 Å². The van der Waals surface area contributed by atoms with Gasteiger partial charge in [-0.3, -0.25) is 0 Å². The van der Waals surface area contributed by atoms with Crippen molar-refractivity contribution < 1.29 is 0 Å². The van der Waals surface area contributed by atoms with E-state index in [0.717, 1.165) is 28.4 Å². The fourth-order valence-corrected chi connectivity index (χ4v) is 8.18. The average molecular weight is 642 g/mol. The van der Waals surface area contributed by atoms with E-state index in [9.17, 15) is 0 Å². The summed E-state index contributed by atoms with van der Waals surface area (Å²) >= 11 is 0. The molecule has 0 aliphatic carbocycles. The highest BCUT2D eigenvalue weighted by Crippen LogP contribution is 2.49. The zero-order valence-electron chi connectivity index (χ0n) is 28.1. The van der Waals surface area contributed by atoms with Gasteiger partial charge in [-0.15, -0.1) is 0 Å². The molecule has 8 aromatic carbocycles. The Hall–Kier alpha value is -6.32. The van der Waals surface area contributed by atoms with Crippen molar-refractivity contribution in [2.24, 2.45) is 0 Å². The van der Waals surface area contributed by atoms with Crippen molar-refractivity contribution >= 4 is 71.2 Å². The molecule has 2 aromatic heterocycles. The van der Waals surface area contributed by atoms with E-state index < -0.39 is 0 Å². The van der Waals surface area contributed by atoms with E-state index >= 15 is 0 Å². The fraction of sp³-hybridized carbons (Fsp3) is 0.0638. The maximum absolute atomic E-state index is 2.51. The average Bonchev–Trinajstić information content (AvgIpc) is 3.75. The molecule has 238 valence electrons. The SMILES string of the molecule is CC(C)c1ccc2ccc3c(N(c4cn(-c5ccccc5)c5ccccc45)c4cn(-c5ccccc5)c5ccccc45)ccc4ccc1c2c43. The van der Waals surface area contributed by atoms with Gasteiger partial charge >= 0.3 is 0 Å². The van der Waals surface area contributed by atoms with Gasteiger partial charge in [-0.05, 0) is 80.9 Å². The van der Waals surface area contributed by atoms with Crippen LogP contribution in [0.3, 0.4) is 0 Å². The lowest BCUT2D eigenvalue weighted by Gasteiger charge is -2.27. The molecule has 0 bridgehead atoms. The van der Waals surface area contributed by atoms with Crippen LogP contribution in [0.4, 0.5) is 17.1 Å². The van der Waals surface area contributed by atoms with E-state index in [1.165, 1.54) is 59.7 Å². The first-order valence-corrected chi connectivity index (χ1v) is 17.5. The summed E-state index contributed by atoms with van der Waals surface area (Å²) in [5, 5.41) is 10.2. The highest BCUT2D eigenvalue weighted by molar-refractivity contribution is 6.27. The van der Waals surface area contributed by atoms with Gasteiger partial charge in [-0.1, -0.05) is 129 Å². The Balaban J connectivity index is 1.34. The molecule has 3 heteroatoms. The van der Waals surface area contributed by atoms with Crippen molar-refractivity contribution in [3.63, 3.8) is 0 Å². The molecule has 0 N–H and O–H groups in total. The highest BCUT2D eigenvalue weighted by Gasteiger charge is 2.26. The largest absolute Gasteiger partial charge is 0.314 e. The van der Waals surface area contributed by atoms with Gasteiger partial charge in [0.25, 0.3) is 0 Å². The van der Waals surface area contributed by atoms with E-state index in [1.807, 2.05) is 0 Å². The lowest BCUT2D eigenvalue weighted by molar-refractivity contribution is 0.877. The summed E-state index contributed by atoms with van der Waals surface area (Å²) in [6.07, 6.45) is 4.65. The van der Waals surface area contributed by atoms with Gasteiger partial charge in [-0.25, -0.2) is 0 Å². The first kappa shape index (κ1) is 28.7. The van der Waals surface area contributed by atoms with Crippen molar-refractivity contribution in [3.05, 3.63) is 176 Å². The Morgan fingerprint density at radius 1 is 0.400 bits per heavy atom. The maximum Gasteiger partial charge on any atom is 0.0722 e. The molecular formula is C47H35N3. The number of aromatic nitrogens is 2. The van der Waals surface area contributed by atoms with Crippen molar-refractivity contribution in [2.75, 3.05) is 4.90 Å². The van der Waals surface area contributed by atoms with Crippen LogP contribution in [0, 0.1) is 0 Å². The minimum absolute atomic E-state index is 0.434. The fourth-order valence-electron chi connectivity index (χ4n) is 8.18. The molecule has 0 saturated carbocycles. The third kappa shape index (κ3) is 4.23. The number of rotatable bonds is 6. The van der Waals surface area contributed by atoms with Crippen LogP contribution in [0.1, 0.15) is 25.3 Å². The van der Waals surface area contributed by atoms with Gasteiger partial charge in [0.05, 0.1) is 28.1 Å². The molecule has 0 unspecified atom stereocenters. The number of nitrogens with zero attached hydrogens (tertiary/aromatic N) is 3. The van der Waals surface area contributed by atoms with Crippen LogP contribution in [0.2, 0.25) is 0 Å². The van der Waals surface area contributed by atoms with Gasteiger partial charge in [0, 0.05) is 39.9 Å². The molecule has 0 fully saturated rings.